The van der Waals surface area contributed by atoms with E-state index in [0.717, 1.165) is 6.42 Å². The third-order valence-corrected chi connectivity index (χ3v) is 2.25. The molecule has 5 nitrogen and oxygen atoms in total. The van der Waals surface area contributed by atoms with E-state index in [4.69, 9.17) is 0 Å². The van der Waals surface area contributed by atoms with E-state index in [2.05, 4.69) is 36.7 Å². The van der Waals surface area contributed by atoms with Crippen LogP contribution in [0.2, 0.25) is 0 Å². The Hall–Kier alpha value is -1.10. The van der Waals surface area contributed by atoms with Crippen LogP contribution in [0, 0.1) is 0 Å². The molecule has 0 heterocycles. The van der Waals surface area contributed by atoms with Crippen molar-refractivity contribution in [3.8, 4) is 0 Å². The Morgan fingerprint density at radius 1 is 0.889 bits per heavy atom. The number of rotatable bonds is 8. The van der Waals surface area contributed by atoms with Crippen LogP contribution in [0.5, 0.6) is 0 Å². The van der Waals surface area contributed by atoms with Crippen molar-refractivity contribution in [1.82, 2.24) is 16.0 Å². The first-order valence-electron chi connectivity index (χ1n) is 6.63. The van der Waals surface area contributed by atoms with Crippen LogP contribution in [0.3, 0.4) is 0 Å². The summed E-state index contributed by atoms with van der Waals surface area (Å²) in [6, 6.07) is 0. The molecular formula is C13H27N3O2. The van der Waals surface area contributed by atoms with Crippen molar-refractivity contribution >= 4 is 11.8 Å². The van der Waals surface area contributed by atoms with Crippen LogP contribution in [-0.4, -0.2) is 37.0 Å². The highest BCUT2D eigenvalue weighted by atomic mass is 16.2. The molecular weight excluding hydrogens is 230 g/mol. The number of carbonyl (C=O) groups excluding carboxylic acids is 2. The highest BCUT2D eigenvalue weighted by Crippen LogP contribution is 1.97. The highest BCUT2D eigenvalue weighted by Gasteiger charge is 2.09. The van der Waals surface area contributed by atoms with Gasteiger partial charge in [-0.25, -0.2) is 0 Å². The van der Waals surface area contributed by atoms with Gasteiger partial charge in [-0.15, -0.1) is 0 Å². The summed E-state index contributed by atoms with van der Waals surface area (Å²) in [5.74, 6) is -0.0278. The van der Waals surface area contributed by atoms with Crippen molar-refractivity contribution in [3.05, 3.63) is 0 Å². The van der Waals surface area contributed by atoms with E-state index in [1.54, 1.807) is 0 Å². The fraction of sp³-hybridized carbons (Fsp3) is 0.846. The fourth-order valence-corrected chi connectivity index (χ4v) is 1.31. The minimum atomic E-state index is -0.0185. The monoisotopic (exact) mass is 257 g/mol. The van der Waals surface area contributed by atoms with E-state index in [9.17, 15) is 9.59 Å². The standard InChI is InChI=1S/C13H27N3O2/c1-5-8-14-11(17)6-9-15-12(18)7-10-16-13(2,3)4/h16H,5-10H2,1-4H3,(H,14,17)(H,15,18). The maximum atomic E-state index is 11.4. The number of amides is 2. The largest absolute Gasteiger partial charge is 0.356 e. The minimum absolute atomic E-state index is 0.00929. The summed E-state index contributed by atoms with van der Waals surface area (Å²) in [4.78, 5) is 22.7. The zero-order valence-electron chi connectivity index (χ0n) is 12.1. The van der Waals surface area contributed by atoms with Gasteiger partial charge in [-0.1, -0.05) is 6.92 Å². The third-order valence-electron chi connectivity index (χ3n) is 2.25. The zero-order chi connectivity index (χ0) is 14.0. The Morgan fingerprint density at radius 3 is 1.89 bits per heavy atom. The zero-order valence-corrected chi connectivity index (χ0v) is 12.1. The first-order chi connectivity index (χ1) is 8.35. The second-order valence-electron chi connectivity index (χ2n) is 5.38. The average molecular weight is 257 g/mol. The highest BCUT2D eigenvalue weighted by molar-refractivity contribution is 5.78. The lowest BCUT2D eigenvalue weighted by atomic mass is 10.1. The predicted molar refractivity (Wildman–Crippen MR) is 73.3 cm³/mol. The van der Waals surface area contributed by atoms with Crippen LogP contribution >= 0.6 is 0 Å². The van der Waals surface area contributed by atoms with Gasteiger partial charge in [-0.05, 0) is 27.2 Å². The fourth-order valence-electron chi connectivity index (χ4n) is 1.31. The number of nitrogens with one attached hydrogen (secondary N) is 3. The molecule has 0 fully saturated rings. The molecule has 0 bridgehead atoms. The Kier molecular flexibility index (Phi) is 8.37. The molecule has 0 atom stereocenters. The van der Waals surface area contributed by atoms with Gasteiger partial charge in [-0.2, -0.15) is 0 Å². The summed E-state index contributed by atoms with van der Waals surface area (Å²) in [7, 11) is 0. The third kappa shape index (κ3) is 11.4. The first-order valence-corrected chi connectivity index (χ1v) is 6.63. The van der Waals surface area contributed by atoms with E-state index in [1.165, 1.54) is 0 Å². The summed E-state index contributed by atoms with van der Waals surface area (Å²) < 4.78 is 0. The summed E-state index contributed by atoms with van der Waals surface area (Å²) in [6.07, 6.45) is 1.71. The van der Waals surface area contributed by atoms with Gasteiger partial charge in [-0.3, -0.25) is 9.59 Å². The van der Waals surface area contributed by atoms with Crippen molar-refractivity contribution < 1.29 is 9.59 Å². The number of hydrogen-bond acceptors (Lipinski definition) is 3. The van der Waals surface area contributed by atoms with Crippen molar-refractivity contribution in [3.63, 3.8) is 0 Å². The molecule has 0 aliphatic heterocycles. The summed E-state index contributed by atoms with van der Waals surface area (Å²) >= 11 is 0. The van der Waals surface area contributed by atoms with Gasteiger partial charge in [0.1, 0.15) is 0 Å². The van der Waals surface area contributed by atoms with Crippen molar-refractivity contribution in [2.45, 2.75) is 52.5 Å². The van der Waals surface area contributed by atoms with Gasteiger partial charge in [0.2, 0.25) is 11.8 Å². The molecule has 18 heavy (non-hydrogen) atoms. The molecule has 2 amide bonds. The molecule has 0 unspecified atom stereocenters. The molecule has 0 aromatic rings. The Morgan fingerprint density at radius 2 is 1.39 bits per heavy atom. The SMILES string of the molecule is CCCNC(=O)CCNC(=O)CCNC(C)(C)C. The van der Waals surface area contributed by atoms with Gasteiger partial charge in [0, 0.05) is 38.0 Å². The smallest absolute Gasteiger partial charge is 0.221 e. The maximum absolute atomic E-state index is 11.4. The van der Waals surface area contributed by atoms with Gasteiger partial charge in [0.15, 0.2) is 0 Å². The van der Waals surface area contributed by atoms with Gasteiger partial charge in [0.25, 0.3) is 0 Å². The number of hydrogen-bond donors (Lipinski definition) is 3. The minimum Gasteiger partial charge on any atom is -0.356 e. The molecule has 0 saturated heterocycles. The molecule has 0 aromatic heterocycles. The topological polar surface area (TPSA) is 70.2 Å². The molecule has 0 aromatic carbocycles. The van der Waals surface area contributed by atoms with Gasteiger partial charge < -0.3 is 16.0 Å². The van der Waals surface area contributed by atoms with Gasteiger partial charge >= 0.3 is 0 Å². The second-order valence-corrected chi connectivity index (χ2v) is 5.38. The molecule has 0 rings (SSSR count). The van der Waals surface area contributed by atoms with E-state index in [-0.39, 0.29) is 17.4 Å². The maximum Gasteiger partial charge on any atom is 0.221 e. The van der Waals surface area contributed by atoms with Crippen LogP contribution in [0.4, 0.5) is 0 Å². The molecule has 5 heteroatoms. The summed E-state index contributed by atoms with van der Waals surface area (Å²) in [5.41, 5.74) is 0.0281. The molecule has 3 N–H and O–H groups in total. The van der Waals surface area contributed by atoms with Crippen LogP contribution in [-0.2, 0) is 9.59 Å². The summed E-state index contributed by atoms with van der Waals surface area (Å²) in [5, 5.41) is 8.74. The molecule has 0 aliphatic rings. The normalized spacial score (nSPS) is 11.1. The molecule has 0 radical (unpaired) electrons. The number of carbonyl (C=O) groups is 2. The molecule has 0 aliphatic carbocycles. The lowest BCUT2D eigenvalue weighted by Crippen LogP contribution is -2.39. The lowest BCUT2D eigenvalue weighted by molar-refractivity contribution is -0.122. The van der Waals surface area contributed by atoms with Crippen LogP contribution in [0.1, 0.15) is 47.0 Å². The summed E-state index contributed by atoms with van der Waals surface area (Å²) in [6.45, 7) is 9.93. The second kappa shape index (κ2) is 8.91. The Labute approximate surface area is 110 Å². The van der Waals surface area contributed by atoms with E-state index in [1.807, 2.05) is 6.92 Å². The van der Waals surface area contributed by atoms with Crippen LogP contribution in [0.25, 0.3) is 0 Å². The van der Waals surface area contributed by atoms with E-state index >= 15 is 0 Å². The van der Waals surface area contributed by atoms with Crippen molar-refractivity contribution in [1.29, 1.82) is 0 Å². The van der Waals surface area contributed by atoms with Crippen molar-refractivity contribution in [2.24, 2.45) is 0 Å². The van der Waals surface area contributed by atoms with Crippen LogP contribution in [0.15, 0.2) is 0 Å². The predicted octanol–water partition coefficient (Wildman–Crippen LogP) is 0.797. The van der Waals surface area contributed by atoms with Crippen LogP contribution < -0.4 is 16.0 Å². The molecule has 0 saturated carbocycles. The van der Waals surface area contributed by atoms with E-state index < -0.39 is 0 Å². The molecule has 0 spiro atoms. The van der Waals surface area contributed by atoms with Crippen molar-refractivity contribution in [2.75, 3.05) is 19.6 Å². The first kappa shape index (κ1) is 16.9. The average Bonchev–Trinajstić information content (AvgIpc) is 2.24. The van der Waals surface area contributed by atoms with Gasteiger partial charge in [0.05, 0.1) is 0 Å². The molecule has 106 valence electrons. The Balaban J connectivity index is 3.51. The Bertz CT molecular complexity index is 259. The van der Waals surface area contributed by atoms with E-state index in [0.29, 0.717) is 32.5 Å². The lowest BCUT2D eigenvalue weighted by Gasteiger charge is -2.20. The quantitative estimate of drug-likeness (QED) is 0.602.